The van der Waals surface area contributed by atoms with Crippen molar-refractivity contribution in [2.45, 2.75) is 26.7 Å². The number of anilines is 1. The molecule has 1 atom stereocenters. The van der Waals surface area contributed by atoms with Crippen LogP contribution in [0.1, 0.15) is 35.7 Å². The molecule has 1 rings (SSSR count). The fourth-order valence-electron chi connectivity index (χ4n) is 1.70. The van der Waals surface area contributed by atoms with Gasteiger partial charge >= 0.3 is 0 Å². The van der Waals surface area contributed by atoms with Crippen molar-refractivity contribution in [2.24, 2.45) is 11.7 Å². The van der Waals surface area contributed by atoms with Gasteiger partial charge in [0, 0.05) is 12.6 Å². The number of hydrogen-bond donors (Lipinski definition) is 2. The highest BCUT2D eigenvalue weighted by Gasteiger charge is 2.17. The molecule has 0 fully saturated rings. The smallest absolute Gasteiger partial charge is 0.167 e. The lowest BCUT2D eigenvalue weighted by atomic mass is 9.94. The van der Waals surface area contributed by atoms with E-state index in [1.807, 2.05) is 13.8 Å². The minimum atomic E-state index is 0.0420. The molecule has 16 heavy (non-hydrogen) atoms. The van der Waals surface area contributed by atoms with Crippen molar-refractivity contribution in [2.75, 3.05) is 12.3 Å². The summed E-state index contributed by atoms with van der Waals surface area (Å²) in [4.78, 5) is 16.0. The maximum atomic E-state index is 12.0. The van der Waals surface area contributed by atoms with E-state index in [1.165, 1.54) is 0 Å². The lowest BCUT2D eigenvalue weighted by Gasteiger charge is -2.12. The summed E-state index contributed by atoms with van der Waals surface area (Å²) in [6.45, 7) is 4.43. The Morgan fingerprint density at radius 2 is 2.25 bits per heavy atom. The molecule has 0 amide bonds. The highest BCUT2D eigenvalue weighted by atomic mass is 16.1. The third-order valence-corrected chi connectivity index (χ3v) is 2.85. The van der Waals surface area contributed by atoms with Gasteiger partial charge in [-0.2, -0.15) is 0 Å². The minimum Gasteiger partial charge on any atom is -0.383 e. The maximum absolute atomic E-state index is 12.0. The van der Waals surface area contributed by atoms with Crippen LogP contribution in [-0.4, -0.2) is 17.3 Å². The number of aromatic nitrogens is 1. The summed E-state index contributed by atoms with van der Waals surface area (Å²) in [5.41, 5.74) is 12.7. The summed E-state index contributed by atoms with van der Waals surface area (Å²) in [7, 11) is 0. The molecule has 0 aromatic carbocycles. The van der Waals surface area contributed by atoms with Gasteiger partial charge in [0.1, 0.15) is 5.82 Å². The molecule has 1 aromatic heterocycles. The van der Waals surface area contributed by atoms with Gasteiger partial charge in [-0.1, -0.05) is 13.3 Å². The van der Waals surface area contributed by atoms with Crippen LogP contribution in [0, 0.1) is 12.8 Å². The number of carbonyl (C=O) groups is 1. The van der Waals surface area contributed by atoms with E-state index < -0.39 is 0 Å². The number of pyridine rings is 1. The first-order valence-corrected chi connectivity index (χ1v) is 5.54. The Hall–Kier alpha value is -1.42. The van der Waals surface area contributed by atoms with Gasteiger partial charge in [0.2, 0.25) is 0 Å². The van der Waals surface area contributed by atoms with E-state index in [-0.39, 0.29) is 11.7 Å². The van der Waals surface area contributed by atoms with Crippen LogP contribution in [0.15, 0.2) is 12.3 Å². The first kappa shape index (κ1) is 12.6. The zero-order valence-electron chi connectivity index (χ0n) is 9.86. The third-order valence-electron chi connectivity index (χ3n) is 2.85. The summed E-state index contributed by atoms with van der Waals surface area (Å²) in [5.74, 6) is 0.587. The van der Waals surface area contributed by atoms with Gasteiger partial charge in [-0.15, -0.1) is 0 Å². The first-order chi connectivity index (χ1) is 7.60. The fraction of sp³-hybridized carbons (Fsp3) is 0.500. The van der Waals surface area contributed by atoms with Crippen LogP contribution >= 0.6 is 0 Å². The molecule has 1 unspecified atom stereocenters. The average Bonchev–Trinajstić information content (AvgIpc) is 2.25. The molecule has 0 aliphatic carbocycles. The lowest BCUT2D eigenvalue weighted by molar-refractivity contribution is 0.0961. The van der Waals surface area contributed by atoms with Gasteiger partial charge < -0.3 is 11.5 Å². The predicted octanol–water partition coefficient (Wildman–Crippen LogP) is 1.53. The highest BCUT2D eigenvalue weighted by molar-refractivity contribution is 6.01. The SMILES string of the molecule is CCC(CN)CC(=O)c1c(C)ccnc1N. The largest absolute Gasteiger partial charge is 0.383 e. The molecular weight excluding hydrogens is 202 g/mol. The fourth-order valence-corrected chi connectivity index (χ4v) is 1.70. The Labute approximate surface area is 96.0 Å². The Balaban J connectivity index is 2.88. The van der Waals surface area contributed by atoms with Crippen molar-refractivity contribution in [3.8, 4) is 0 Å². The van der Waals surface area contributed by atoms with Crippen LogP contribution in [0.3, 0.4) is 0 Å². The molecule has 0 saturated carbocycles. The molecule has 4 heteroatoms. The van der Waals surface area contributed by atoms with Crippen molar-refractivity contribution in [1.29, 1.82) is 0 Å². The van der Waals surface area contributed by atoms with Crippen molar-refractivity contribution in [3.05, 3.63) is 23.4 Å². The van der Waals surface area contributed by atoms with Crippen molar-refractivity contribution >= 4 is 11.6 Å². The molecule has 1 heterocycles. The zero-order valence-corrected chi connectivity index (χ0v) is 9.86. The molecule has 4 nitrogen and oxygen atoms in total. The van der Waals surface area contributed by atoms with Crippen LogP contribution < -0.4 is 11.5 Å². The van der Waals surface area contributed by atoms with E-state index in [9.17, 15) is 4.79 Å². The Bertz CT molecular complexity index is 352. The van der Waals surface area contributed by atoms with Crippen molar-refractivity contribution in [1.82, 2.24) is 4.98 Å². The minimum absolute atomic E-state index is 0.0420. The monoisotopic (exact) mass is 221 g/mol. The average molecular weight is 221 g/mol. The van der Waals surface area contributed by atoms with E-state index in [0.29, 0.717) is 24.3 Å². The molecule has 0 saturated heterocycles. The maximum Gasteiger partial charge on any atom is 0.167 e. The highest BCUT2D eigenvalue weighted by Crippen LogP contribution is 2.19. The number of aryl methyl sites for hydroxylation is 1. The van der Waals surface area contributed by atoms with Gasteiger partial charge in [-0.25, -0.2) is 4.98 Å². The van der Waals surface area contributed by atoms with E-state index in [0.717, 1.165) is 12.0 Å². The van der Waals surface area contributed by atoms with Crippen LogP contribution in [-0.2, 0) is 0 Å². The predicted molar refractivity (Wildman–Crippen MR) is 65.2 cm³/mol. The van der Waals surface area contributed by atoms with Crippen LogP contribution in [0.4, 0.5) is 5.82 Å². The number of nitrogens with two attached hydrogens (primary N) is 2. The summed E-state index contributed by atoms with van der Waals surface area (Å²) < 4.78 is 0. The topological polar surface area (TPSA) is 82.0 Å². The molecule has 0 bridgehead atoms. The second-order valence-corrected chi connectivity index (χ2v) is 4.03. The van der Waals surface area contributed by atoms with Crippen molar-refractivity contribution < 1.29 is 4.79 Å². The quantitative estimate of drug-likeness (QED) is 0.739. The Morgan fingerprint density at radius 3 is 2.75 bits per heavy atom. The molecular formula is C12H19N3O. The number of ketones is 1. The number of hydrogen-bond acceptors (Lipinski definition) is 4. The first-order valence-electron chi connectivity index (χ1n) is 5.54. The number of nitrogens with zero attached hydrogens (tertiary/aromatic N) is 1. The zero-order chi connectivity index (χ0) is 12.1. The number of carbonyl (C=O) groups excluding carboxylic acids is 1. The molecule has 0 aliphatic rings. The molecule has 0 spiro atoms. The van der Waals surface area contributed by atoms with Crippen LogP contribution in [0.2, 0.25) is 0 Å². The summed E-state index contributed by atoms with van der Waals surface area (Å²) in [6, 6.07) is 1.80. The van der Waals surface area contributed by atoms with E-state index in [4.69, 9.17) is 11.5 Å². The number of Topliss-reactive ketones (excluding diaryl/α,β-unsaturated/α-hetero) is 1. The van der Waals surface area contributed by atoms with Gasteiger partial charge in [0.25, 0.3) is 0 Å². The molecule has 1 aromatic rings. The Kier molecular flexibility index (Phi) is 4.43. The standard InChI is InChI=1S/C12H19N3O/c1-3-9(7-13)6-10(16)11-8(2)4-5-15-12(11)14/h4-5,9H,3,6-7,13H2,1-2H3,(H2,14,15). The number of nitrogen functional groups attached to an aromatic ring is 1. The molecule has 4 N–H and O–H groups in total. The van der Waals surface area contributed by atoms with Crippen LogP contribution in [0.25, 0.3) is 0 Å². The van der Waals surface area contributed by atoms with Gasteiger partial charge in [-0.3, -0.25) is 4.79 Å². The van der Waals surface area contributed by atoms with Gasteiger partial charge in [0.05, 0.1) is 5.56 Å². The Morgan fingerprint density at radius 1 is 1.56 bits per heavy atom. The summed E-state index contributed by atoms with van der Waals surface area (Å²) in [6.07, 6.45) is 2.97. The van der Waals surface area contributed by atoms with Crippen molar-refractivity contribution in [3.63, 3.8) is 0 Å². The summed E-state index contributed by atoms with van der Waals surface area (Å²) in [5, 5.41) is 0. The second-order valence-electron chi connectivity index (χ2n) is 4.03. The van der Waals surface area contributed by atoms with E-state index in [1.54, 1.807) is 12.3 Å². The third kappa shape index (κ3) is 2.79. The van der Waals surface area contributed by atoms with E-state index in [2.05, 4.69) is 4.98 Å². The number of rotatable bonds is 5. The van der Waals surface area contributed by atoms with E-state index >= 15 is 0 Å². The van der Waals surface area contributed by atoms with Gasteiger partial charge in [-0.05, 0) is 31.0 Å². The summed E-state index contributed by atoms with van der Waals surface area (Å²) >= 11 is 0. The molecule has 0 radical (unpaired) electrons. The normalized spacial score (nSPS) is 12.4. The van der Waals surface area contributed by atoms with Crippen LogP contribution in [0.5, 0.6) is 0 Å². The molecule has 88 valence electrons. The second kappa shape index (κ2) is 5.61. The molecule has 0 aliphatic heterocycles. The lowest BCUT2D eigenvalue weighted by Crippen LogP contribution is -2.19. The van der Waals surface area contributed by atoms with Gasteiger partial charge in [0.15, 0.2) is 5.78 Å².